The van der Waals surface area contributed by atoms with Gasteiger partial charge >= 0.3 is 6.18 Å². The molecule has 3 atom stereocenters. The summed E-state index contributed by atoms with van der Waals surface area (Å²) in [4.78, 5) is 21.9. The third-order valence-corrected chi connectivity index (χ3v) is 4.97. The number of hydrogen-bond acceptors (Lipinski definition) is 6. The Balaban J connectivity index is 1.78. The second-order valence-electron chi connectivity index (χ2n) is 7.10. The van der Waals surface area contributed by atoms with Crippen LogP contribution < -0.4 is 5.32 Å². The lowest BCUT2D eigenvalue weighted by molar-refractivity contribution is -0.173. The van der Waals surface area contributed by atoms with Crippen molar-refractivity contribution in [2.75, 3.05) is 25.5 Å². The Morgan fingerprint density at radius 1 is 1.41 bits per heavy atom. The topological polar surface area (TPSA) is 87.6 Å². The Hall–Kier alpha value is -1.94. The summed E-state index contributed by atoms with van der Waals surface area (Å²) in [6, 6.07) is 0.477. The number of ether oxygens (including phenoxy) is 1. The van der Waals surface area contributed by atoms with Crippen molar-refractivity contribution in [1.29, 1.82) is 0 Å². The number of carbonyl (C=O) groups is 1. The van der Waals surface area contributed by atoms with Crippen molar-refractivity contribution in [3.8, 4) is 0 Å². The molecule has 1 amide bonds. The van der Waals surface area contributed by atoms with E-state index < -0.39 is 43.3 Å². The molecule has 2 fully saturated rings. The zero-order valence-electron chi connectivity index (χ0n) is 15.2. The number of carbonyl (C=O) groups excluding carboxylic acids is 1. The van der Waals surface area contributed by atoms with Crippen molar-refractivity contribution in [1.82, 2.24) is 14.9 Å². The molecule has 7 nitrogen and oxygen atoms in total. The number of rotatable bonds is 6. The van der Waals surface area contributed by atoms with Crippen LogP contribution in [-0.2, 0) is 16.1 Å². The number of amides is 1. The van der Waals surface area contributed by atoms with E-state index in [0.717, 1.165) is 12.8 Å². The quantitative estimate of drug-likeness (QED) is 0.768. The number of alkyl halides is 3. The van der Waals surface area contributed by atoms with Gasteiger partial charge in [-0.2, -0.15) is 13.2 Å². The molecule has 1 aromatic rings. The molecule has 1 aliphatic heterocycles. The maximum absolute atomic E-state index is 13.5. The Morgan fingerprint density at radius 2 is 2.11 bits per heavy atom. The summed E-state index contributed by atoms with van der Waals surface area (Å²) in [6.07, 6.45) is -3.43. The molecule has 0 spiro atoms. The molecule has 0 bridgehead atoms. The van der Waals surface area contributed by atoms with Crippen LogP contribution in [0.5, 0.6) is 0 Å². The predicted octanol–water partition coefficient (Wildman–Crippen LogP) is 1.50. The first-order chi connectivity index (χ1) is 12.7. The van der Waals surface area contributed by atoms with Gasteiger partial charge in [-0.1, -0.05) is 0 Å². The van der Waals surface area contributed by atoms with Crippen molar-refractivity contribution in [2.24, 2.45) is 11.8 Å². The number of halogens is 3. The van der Waals surface area contributed by atoms with E-state index in [4.69, 9.17) is 4.74 Å². The monoisotopic (exact) mass is 388 g/mol. The van der Waals surface area contributed by atoms with E-state index in [0.29, 0.717) is 5.69 Å². The van der Waals surface area contributed by atoms with E-state index >= 15 is 0 Å². The summed E-state index contributed by atoms with van der Waals surface area (Å²) in [5.74, 6) is -1.69. The molecule has 150 valence electrons. The first-order valence-corrected chi connectivity index (χ1v) is 8.83. The van der Waals surface area contributed by atoms with Crippen LogP contribution in [0.25, 0.3) is 0 Å². The number of nitrogens with zero attached hydrogens (tertiary/aromatic N) is 3. The Morgan fingerprint density at radius 3 is 2.67 bits per heavy atom. The van der Waals surface area contributed by atoms with Crippen molar-refractivity contribution in [3.63, 3.8) is 0 Å². The van der Waals surface area contributed by atoms with E-state index in [1.807, 2.05) is 0 Å². The SMILES string of the molecule is COC(C(=O)N1C[C@@H](C(F)(F)F)[C@H](Nc2cc(C)nc(CO)n2)C1)C1CC1. The minimum atomic E-state index is -4.46. The van der Waals surface area contributed by atoms with Gasteiger partial charge in [0.25, 0.3) is 5.91 Å². The lowest BCUT2D eigenvalue weighted by atomic mass is 10.0. The van der Waals surface area contributed by atoms with Crippen LogP contribution >= 0.6 is 0 Å². The van der Waals surface area contributed by atoms with E-state index in [9.17, 15) is 23.1 Å². The summed E-state index contributed by atoms with van der Waals surface area (Å²) in [5.41, 5.74) is 0.527. The fraction of sp³-hybridized carbons (Fsp3) is 0.706. The Bertz CT molecular complexity index is 696. The molecule has 0 aromatic carbocycles. The molecule has 1 saturated heterocycles. The third kappa shape index (κ3) is 4.49. The van der Waals surface area contributed by atoms with Crippen molar-refractivity contribution in [3.05, 3.63) is 17.6 Å². The van der Waals surface area contributed by atoms with Crippen LogP contribution in [0.15, 0.2) is 6.07 Å². The fourth-order valence-electron chi connectivity index (χ4n) is 3.50. The second kappa shape index (κ2) is 7.59. The average Bonchev–Trinajstić information content (AvgIpc) is 3.33. The summed E-state index contributed by atoms with van der Waals surface area (Å²) in [7, 11) is 1.41. The first kappa shape index (κ1) is 19.8. The molecule has 2 heterocycles. The highest BCUT2D eigenvalue weighted by atomic mass is 19.4. The van der Waals surface area contributed by atoms with Crippen LogP contribution in [0.2, 0.25) is 0 Å². The highest BCUT2D eigenvalue weighted by molar-refractivity contribution is 5.82. The molecule has 1 unspecified atom stereocenters. The summed E-state index contributed by atoms with van der Waals surface area (Å²) in [5, 5.41) is 12.0. The van der Waals surface area contributed by atoms with Gasteiger partial charge in [-0.05, 0) is 25.7 Å². The van der Waals surface area contributed by atoms with E-state index in [2.05, 4.69) is 15.3 Å². The number of likely N-dealkylation sites (tertiary alicyclic amines) is 1. The smallest absolute Gasteiger partial charge is 0.388 e. The van der Waals surface area contributed by atoms with Crippen LogP contribution in [0.4, 0.5) is 19.0 Å². The standard InChI is InChI=1S/C17H23F3N4O3/c1-9-5-13(23-14(8-25)21-9)22-12-7-24(6-11(12)17(18,19)20)16(26)15(27-2)10-3-4-10/h5,10-12,15,25H,3-4,6-8H2,1-2H3,(H,21,22,23)/t11-,12-,15?/m1/s1. The maximum Gasteiger partial charge on any atom is 0.395 e. The normalized spacial score (nSPS) is 24.1. The minimum Gasteiger partial charge on any atom is -0.388 e. The van der Waals surface area contributed by atoms with Crippen LogP contribution in [0.1, 0.15) is 24.4 Å². The Labute approximate surface area is 154 Å². The minimum absolute atomic E-state index is 0.0902. The lowest BCUT2D eigenvalue weighted by Gasteiger charge is -2.22. The van der Waals surface area contributed by atoms with E-state index in [1.165, 1.54) is 18.1 Å². The molecular weight excluding hydrogens is 365 g/mol. The highest BCUT2D eigenvalue weighted by Crippen LogP contribution is 2.38. The van der Waals surface area contributed by atoms with E-state index in [-0.39, 0.29) is 24.1 Å². The third-order valence-electron chi connectivity index (χ3n) is 4.97. The van der Waals surface area contributed by atoms with Gasteiger partial charge < -0.3 is 20.1 Å². The molecule has 10 heteroatoms. The number of hydrogen-bond donors (Lipinski definition) is 2. The molecule has 1 saturated carbocycles. The zero-order chi connectivity index (χ0) is 19.8. The largest absolute Gasteiger partial charge is 0.395 e. The molecule has 1 aromatic heterocycles. The summed E-state index contributed by atoms with van der Waals surface area (Å²) >= 11 is 0. The first-order valence-electron chi connectivity index (χ1n) is 8.83. The molecule has 3 rings (SSSR count). The van der Waals surface area contributed by atoms with Crippen LogP contribution in [-0.4, -0.2) is 64.4 Å². The van der Waals surface area contributed by atoms with Gasteiger partial charge in [0.15, 0.2) is 5.82 Å². The van der Waals surface area contributed by atoms with Crippen molar-refractivity contribution in [2.45, 2.75) is 44.7 Å². The number of aromatic nitrogens is 2. The number of aryl methyl sites for hydroxylation is 1. The number of methoxy groups -OCH3 is 1. The molecular formula is C17H23F3N4O3. The maximum atomic E-state index is 13.5. The van der Waals surface area contributed by atoms with Crippen molar-refractivity contribution >= 4 is 11.7 Å². The molecule has 2 N–H and O–H groups in total. The van der Waals surface area contributed by atoms with Gasteiger partial charge in [0.1, 0.15) is 18.5 Å². The van der Waals surface area contributed by atoms with Gasteiger partial charge in [0.2, 0.25) is 0 Å². The number of aliphatic hydroxyl groups is 1. The molecule has 2 aliphatic rings. The summed E-state index contributed by atoms with van der Waals surface area (Å²) in [6.45, 7) is 0.748. The lowest BCUT2D eigenvalue weighted by Crippen LogP contribution is -2.41. The van der Waals surface area contributed by atoms with Gasteiger partial charge in [0, 0.05) is 32.0 Å². The zero-order valence-corrected chi connectivity index (χ0v) is 15.2. The predicted molar refractivity (Wildman–Crippen MR) is 89.7 cm³/mol. The fourth-order valence-corrected chi connectivity index (χ4v) is 3.50. The number of anilines is 1. The average molecular weight is 388 g/mol. The molecule has 27 heavy (non-hydrogen) atoms. The van der Waals surface area contributed by atoms with Crippen LogP contribution in [0, 0.1) is 18.8 Å². The second-order valence-corrected chi connectivity index (χ2v) is 7.10. The van der Waals surface area contributed by atoms with Gasteiger partial charge in [-0.3, -0.25) is 4.79 Å². The van der Waals surface area contributed by atoms with Gasteiger partial charge in [-0.15, -0.1) is 0 Å². The number of nitrogens with one attached hydrogen (secondary N) is 1. The van der Waals surface area contributed by atoms with Gasteiger partial charge in [-0.25, -0.2) is 9.97 Å². The molecule has 0 radical (unpaired) electrons. The Kier molecular flexibility index (Phi) is 5.57. The highest BCUT2D eigenvalue weighted by Gasteiger charge is 2.52. The van der Waals surface area contributed by atoms with E-state index in [1.54, 1.807) is 6.92 Å². The number of aliphatic hydroxyl groups excluding tert-OH is 1. The summed E-state index contributed by atoms with van der Waals surface area (Å²) < 4.78 is 45.9. The van der Waals surface area contributed by atoms with Crippen LogP contribution in [0.3, 0.4) is 0 Å². The molecule has 1 aliphatic carbocycles. The van der Waals surface area contributed by atoms with Gasteiger partial charge in [0.05, 0.1) is 12.0 Å². The van der Waals surface area contributed by atoms with Crippen molar-refractivity contribution < 1.29 is 27.8 Å².